The van der Waals surface area contributed by atoms with Crippen molar-refractivity contribution in [3.63, 3.8) is 0 Å². The van der Waals surface area contributed by atoms with Crippen LogP contribution in [0.25, 0.3) is 6.08 Å². The molecule has 1 amide bonds. The van der Waals surface area contributed by atoms with Crippen LogP contribution in [0.5, 0.6) is 0 Å². The van der Waals surface area contributed by atoms with Crippen molar-refractivity contribution in [2.75, 3.05) is 5.32 Å². The van der Waals surface area contributed by atoms with Crippen molar-refractivity contribution >= 4 is 17.9 Å². The maximum Gasteiger partial charge on any atom is 0.253 e. The number of aromatic nitrogens is 3. The SMILES string of the molecule is C/C(=C\c1ccccc1)C(=O)Nc1n[nH]c(C)n1. The highest BCUT2D eigenvalue weighted by atomic mass is 16.1. The molecule has 0 saturated carbocycles. The highest BCUT2D eigenvalue weighted by molar-refractivity contribution is 6.05. The third kappa shape index (κ3) is 3.04. The largest absolute Gasteiger partial charge is 0.289 e. The minimum Gasteiger partial charge on any atom is -0.289 e. The number of rotatable bonds is 3. The van der Waals surface area contributed by atoms with E-state index in [1.165, 1.54) is 0 Å². The number of benzene rings is 1. The van der Waals surface area contributed by atoms with E-state index in [4.69, 9.17) is 0 Å². The van der Waals surface area contributed by atoms with Gasteiger partial charge in [-0.25, -0.2) is 0 Å². The molecule has 0 atom stereocenters. The number of anilines is 1. The maximum atomic E-state index is 11.9. The molecule has 0 aliphatic rings. The first-order valence-electron chi connectivity index (χ1n) is 5.59. The van der Waals surface area contributed by atoms with Crippen LogP contribution in [-0.2, 0) is 4.79 Å². The number of nitrogens with zero attached hydrogens (tertiary/aromatic N) is 2. The summed E-state index contributed by atoms with van der Waals surface area (Å²) in [6.07, 6.45) is 1.81. The van der Waals surface area contributed by atoms with Gasteiger partial charge in [0, 0.05) is 5.57 Å². The maximum absolute atomic E-state index is 11.9. The number of aromatic amines is 1. The Morgan fingerprint density at radius 1 is 1.33 bits per heavy atom. The number of hydrogen-bond donors (Lipinski definition) is 2. The molecule has 1 heterocycles. The lowest BCUT2D eigenvalue weighted by Crippen LogP contribution is -2.13. The molecule has 0 fully saturated rings. The van der Waals surface area contributed by atoms with E-state index < -0.39 is 0 Å². The molecule has 0 unspecified atom stereocenters. The predicted molar refractivity (Wildman–Crippen MR) is 69.8 cm³/mol. The lowest BCUT2D eigenvalue weighted by molar-refractivity contribution is -0.112. The monoisotopic (exact) mass is 242 g/mol. The van der Waals surface area contributed by atoms with Crippen LogP contribution in [-0.4, -0.2) is 21.1 Å². The van der Waals surface area contributed by atoms with Crippen molar-refractivity contribution in [1.82, 2.24) is 15.2 Å². The topological polar surface area (TPSA) is 70.7 Å². The summed E-state index contributed by atoms with van der Waals surface area (Å²) in [7, 11) is 0. The first kappa shape index (κ1) is 12.0. The number of aryl methyl sites for hydroxylation is 1. The molecule has 0 aliphatic heterocycles. The van der Waals surface area contributed by atoms with Crippen LogP contribution in [0.1, 0.15) is 18.3 Å². The molecule has 0 bridgehead atoms. The fourth-order valence-electron chi connectivity index (χ4n) is 1.46. The second-order valence-electron chi connectivity index (χ2n) is 3.94. The number of H-pyrrole nitrogens is 1. The Bertz CT molecular complexity index is 572. The summed E-state index contributed by atoms with van der Waals surface area (Å²) in [4.78, 5) is 15.9. The Balaban J connectivity index is 2.07. The number of amides is 1. The fourth-order valence-corrected chi connectivity index (χ4v) is 1.46. The lowest BCUT2D eigenvalue weighted by atomic mass is 10.1. The van der Waals surface area contributed by atoms with Crippen LogP contribution >= 0.6 is 0 Å². The average Bonchev–Trinajstić information content (AvgIpc) is 2.76. The van der Waals surface area contributed by atoms with Gasteiger partial charge >= 0.3 is 0 Å². The Hall–Kier alpha value is -2.43. The minimum atomic E-state index is -0.210. The number of nitrogens with one attached hydrogen (secondary N) is 2. The molecule has 0 saturated heterocycles. The first-order valence-corrected chi connectivity index (χ1v) is 5.59. The predicted octanol–water partition coefficient (Wildman–Crippen LogP) is 2.16. The molecule has 0 radical (unpaired) electrons. The molecule has 2 N–H and O–H groups in total. The molecule has 0 spiro atoms. The normalized spacial score (nSPS) is 11.3. The summed E-state index contributed by atoms with van der Waals surface area (Å²) in [5.41, 5.74) is 1.58. The molecular formula is C13H14N4O. The van der Waals surface area contributed by atoms with Gasteiger partial charge in [-0.2, -0.15) is 4.98 Å². The van der Waals surface area contributed by atoms with Crippen LogP contribution in [0.4, 0.5) is 5.95 Å². The zero-order chi connectivity index (χ0) is 13.0. The van der Waals surface area contributed by atoms with Gasteiger partial charge in [-0.3, -0.25) is 15.2 Å². The summed E-state index contributed by atoms with van der Waals surface area (Å²) < 4.78 is 0. The van der Waals surface area contributed by atoms with Crippen LogP contribution in [0.3, 0.4) is 0 Å². The van der Waals surface area contributed by atoms with E-state index >= 15 is 0 Å². The quantitative estimate of drug-likeness (QED) is 0.810. The summed E-state index contributed by atoms with van der Waals surface area (Å²) >= 11 is 0. The van der Waals surface area contributed by atoms with E-state index in [1.807, 2.05) is 36.4 Å². The average molecular weight is 242 g/mol. The molecule has 1 aromatic carbocycles. The van der Waals surface area contributed by atoms with E-state index in [1.54, 1.807) is 13.8 Å². The Kier molecular flexibility index (Phi) is 3.52. The van der Waals surface area contributed by atoms with Gasteiger partial charge in [0.15, 0.2) is 0 Å². The Morgan fingerprint density at radius 2 is 2.06 bits per heavy atom. The molecule has 1 aromatic heterocycles. The Morgan fingerprint density at radius 3 is 2.67 bits per heavy atom. The van der Waals surface area contributed by atoms with E-state index in [-0.39, 0.29) is 5.91 Å². The lowest BCUT2D eigenvalue weighted by Gasteiger charge is -2.01. The molecule has 18 heavy (non-hydrogen) atoms. The van der Waals surface area contributed by atoms with E-state index in [2.05, 4.69) is 20.5 Å². The molecule has 2 aromatic rings. The van der Waals surface area contributed by atoms with Gasteiger partial charge in [-0.1, -0.05) is 30.3 Å². The smallest absolute Gasteiger partial charge is 0.253 e. The van der Waals surface area contributed by atoms with E-state index in [0.29, 0.717) is 17.3 Å². The third-order valence-corrected chi connectivity index (χ3v) is 2.36. The van der Waals surface area contributed by atoms with Crippen LogP contribution < -0.4 is 5.32 Å². The number of hydrogen-bond acceptors (Lipinski definition) is 3. The number of carbonyl (C=O) groups excluding carboxylic acids is 1. The first-order chi connectivity index (χ1) is 8.65. The highest BCUT2D eigenvalue weighted by Crippen LogP contribution is 2.08. The third-order valence-electron chi connectivity index (χ3n) is 2.36. The van der Waals surface area contributed by atoms with Crippen molar-refractivity contribution < 1.29 is 4.79 Å². The molecule has 0 aliphatic carbocycles. The van der Waals surface area contributed by atoms with Gasteiger partial charge in [-0.05, 0) is 25.5 Å². The number of carbonyl (C=O) groups is 1. The van der Waals surface area contributed by atoms with Gasteiger partial charge in [0.25, 0.3) is 5.91 Å². The molecule has 5 heteroatoms. The fraction of sp³-hybridized carbons (Fsp3) is 0.154. The second kappa shape index (κ2) is 5.27. The minimum absolute atomic E-state index is 0.210. The highest BCUT2D eigenvalue weighted by Gasteiger charge is 2.07. The summed E-state index contributed by atoms with van der Waals surface area (Å²) in [5, 5.41) is 9.14. The molecule has 92 valence electrons. The van der Waals surface area contributed by atoms with Crippen molar-refractivity contribution in [3.05, 3.63) is 47.3 Å². The van der Waals surface area contributed by atoms with E-state index in [0.717, 1.165) is 5.56 Å². The van der Waals surface area contributed by atoms with Gasteiger partial charge in [-0.15, -0.1) is 5.10 Å². The van der Waals surface area contributed by atoms with Crippen LogP contribution in [0.2, 0.25) is 0 Å². The zero-order valence-corrected chi connectivity index (χ0v) is 10.3. The summed E-state index contributed by atoms with van der Waals surface area (Å²) in [6, 6.07) is 9.66. The van der Waals surface area contributed by atoms with E-state index in [9.17, 15) is 4.79 Å². The van der Waals surface area contributed by atoms with Gasteiger partial charge in [0.2, 0.25) is 5.95 Å². The second-order valence-corrected chi connectivity index (χ2v) is 3.94. The zero-order valence-electron chi connectivity index (χ0n) is 10.3. The van der Waals surface area contributed by atoms with Crippen molar-refractivity contribution in [2.45, 2.75) is 13.8 Å². The van der Waals surface area contributed by atoms with Gasteiger partial charge in [0.1, 0.15) is 5.82 Å². The van der Waals surface area contributed by atoms with Crippen molar-refractivity contribution in [2.24, 2.45) is 0 Å². The standard InChI is InChI=1S/C13H14N4O/c1-9(8-11-6-4-3-5-7-11)12(18)15-13-14-10(2)16-17-13/h3-8H,1-2H3,(H2,14,15,16,17,18)/b9-8+. The van der Waals surface area contributed by atoms with Crippen LogP contribution in [0, 0.1) is 6.92 Å². The van der Waals surface area contributed by atoms with Crippen molar-refractivity contribution in [1.29, 1.82) is 0 Å². The van der Waals surface area contributed by atoms with Gasteiger partial charge in [0.05, 0.1) is 0 Å². The van der Waals surface area contributed by atoms with Gasteiger partial charge < -0.3 is 0 Å². The molecule has 5 nitrogen and oxygen atoms in total. The summed E-state index contributed by atoms with van der Waals surface area (Å²) in [6.45, 7) is 3.52. The Labute approximate surface area is 105 Å². The summed E-state index contributed by atoms with van der Waals surface area (Å²) in [5.74, 6) is 0.742. The van der Waals surface area contributed by atoms with Crippen LogP contribution in [0.15, 0.2) is 35.9 Å². The molecular weight excluding hydrogens is 228 g/mol. The molecule has 2 rings (SSSR count). The van der Waals surface area contributed by atoms with Crippen molar-refractivity contribution in [3.8, 4) is 0 Å².